The van der Waals surface area contributed by atoms with Crippen molar-refractivity contribution in [3.05, 3.63) is 77.9 Å². The number of nitrogens with zero attached hydrogens (tertiary/aromatic N) is 3. The summed E-state index contributed by atoms with van der Waals surface area (Å²) in [6, 6.07) is 14.6. The number of aromatic nitrogens is 3. The number of hydrogen-bond acceptors (Lipinski definition) is 5. The van der Waals surface area contributed by atoms with Crippen molar-refractivity contribution in [3.63, 3.8) is 0 Å². The van der Waals surface area contributed by atoms with Gasteiger partial charge in [-0.15, -0.1) is 0 Å². The van der Waals surface area contributed by atoms with E-state index in [0.717, 1.165) is 5.56 Å². The van der Waals surface area contributed by atoms with Crippen LogP contribution >= 0.6 is 0 Å². The molecule has 0 bridgehead atoms. The van der Waals surface area contributed by atoms with E-state index in [0.29, 0.717) is 17.8 Å². The third-order valence-electron chi connectivity index (χ3n) is 4.67. The molecule has 7 nitrogen and oxygen atoms in total. The third-order valence-corrected chi connectivity index (χ3v) is 4.67. The van der Waals surface area contributed by atoms with Crippen molar-refractivity contribution in [2.24, 2.45) is 0 Å². The van der Waals surface area contributed by atoms with Crippen molar-refractivity contribution in [1.29, 1.82) is 0 Å². The van der Waals surface area contributed by atoms with Crippen molar-refractivity contribution in [1.82, 2.24) is 14.8 Å². The van der Waals surface area contributed by atoms with Crippen LogP contribution in [0.25, 0.3) is 0 Å². The van der Waals surface area contributed by atoms with Crippen LogP contribution in [0.4, 0.5) is 5.69 Å². The number of anilines is 1. The highest BCUT2D eigenvalue weighted by atomic mass is 16.5. The Morgan fingerprint density at radius 3 is 2.30 bits per heavy atom. The van der Waals surface area contributed by atoms with Gasteiger partial charge in [0.1, 0.15) is 12.7 Å². The Kier molecular flexibility index (Phi) is 6.30. The summed E-state index contributed by atoms with van der Waals surface area (Å²) < 4.78 is 7.00. The second-order valence-corrected chi connectivity index (χ2v) is 8.15. The maximum absolute atomic E-state index is 12.4. The first kappa shape index (κ1) is 21.2. The minimum absolute atomic E-state index is 0.0379. The first-order chi connectivity index (χ1) is 14.2. The lowest BCUT2D eigenvalue weighted by molar-refractivity contribution is -0.123. The molecule has 30 heavy (non-hydrogen) atoms. The molecule has 7 heteroatoms. The molecule has 0 unspecified atom stereocenters. The molecule has 3 aromatic rings. The largest absolute Gasteiger partial charge is 0.449 e. The Hall–Kier alpha value is -3.48. The summed E-state index contributed by atoms with van der Waals surface area (Å²) in [6.45, 7) is 8.49. The standard InChI is InChI=1S/C23H26N4O3/c1-16(21(28)26-20-11-9-19(10-12-20)23(2,3)4)30-22(29)18-7-5-17(6-8-18)13-27-15-24-14-25-27/h5-12,14-16H,13H2,1-4H3,(H,26,28)/t16-/m1/s1. The van der Waals surface area contributed by atoms with Gasteiger partial charge in [0.2, 0.25) is 0 Å². The van der Waals surface area contributed by atoms with Crippen LogP contribution in [-0.4, -0.2) is 32.7 Å². The summed E-state index contributed by atoms with van der Waals surface area (Å²) in [6.07, 6.45) is 2.17. The van der Waals surface area contributed by atoms with Crippen LogP contribution in [0.2, 0.25) is 0 Å². The van der Waals surface area contributed by atoms with Gasteiger partial charge in [-0.25, -0.2) is 14.5 Å². The van der Waals surface area contributed by atoms with Gasteiger partial charge in [-0.05, 0) is 47.7 Å². The van der Waals surface area contributed by atoms with E-state index in [1.54, 1.807) is 30.1 Å². The fourth-order valence-corrected chi connectivity index (χ4v) is 2.83. The number of nitrogens with one attached hydrogen (secondary N) is 1. The molecule has 1 atom stereocenters. The van der Waals surface area contributed by atoms with Crippen LogP contribution in [0, 0.1) is 0 Å². The van der Waals surface area contributed by atoms with Crippen LogP contribution in [0.5, 0.6) is 0 Å². The first-order valence-corrected chi connectivity index (χ1v) is 9.76. The molecule has 156 valence electrons. The highest BCUT2D eigenvalue weighted by Gasteiger charge is 2.19. The fourth-order valence-electron chi connectivity index (χ4n) is 2.83. The van der Waals surface area contributed by atoms with E-state index < -0.39 is 12.1 Å². The van der Waals surface area contributed by atoms with Gasteiger partial charge < -0.3 is 10.1 Å². The van der Waals surface area contributed by atoms with Crippen molar-refractivity contribution in [2.75, 3.05) is 5.32 Å². The van der Waals surface area contributed by atoms with E-state index >= 15 is 0 Å². The first-order valence-electron chi connectivity index (χ1n) is 9.76. The Morgan fingerprint density at radius 2 is 1.73 bits per heavy atom. The van der Waals surface area contributed by atoms with Gasteiger partial charge in [0.15, 0.2) is 6.10 Å². The SMILES string of the molecule is C[C@@H](OC(=O)c1ccc(Cn2cncn2)cc1)C(=O)Nc1ccc(C(C)(C)C)cc1. The second-order valence-electron chi connectivity index (χ2n) is 8.15. The van der Waals surface area contributed by atoms with Crippen LogP contribution < -0.4 is 5.32 Å². The number of hydrogen-bond donors (Lipinski definition) is 1. The number of amides is 1. The maximum atomic E-state index is 12.4. The van der Waals surface area contributed by atoms with E-state index in [1.165, 1.54) is 11.9 Å². The van der Waals surface area contributed by atoms with E-state index in [-0.39, 0.29) is 11.3 Å². The van der Waals surface area contributed by atoms with Crippen LogP contribution in [0.15, 0.2) is 61.2 Å². The summed E-state index contributed by atoms with van der Waals surface area (Å²) in [7, 11) is 0. The number of benzene rings is 2. The molecular formula is C23H26N4O3. The maximum Gasteiger partial charge on any atom is 0.338 e. The molecule has 0 aliphatic carbocycles. The zero-order valence-electron chi connectivity index (χ0n) is 17.6. The molecule has 0 spiro atoms. The molecule has 1 aromatic heterocycles. The zero-order chi connectivity index (χ0) is 21.7. The minimum Gasteiger partial charge on any atom is -0.449 e. The highest BCUT2D eigenvalue weighted by Crippen LogP contribution is 2.23. The predicted octanol–water partition coefficient (Wildman–Crippen LogP) is 3.81. The average Bonchev–Trinajstić information content (AvgIpc) is 3.21. The lowest BCUT2D eigenvalue weighted by Gasteiger charge is -2.19. The monoisotopic (exact) mass is 406 g/mol. The van der Waals surface area contributed by atoms with Crippen molar-refractivity contribution in [2.45, 2.75) is 45.8 Å². The fraction of sp³-hybridized carbons (Fsp3) is 0.304. The molecule has 0 aliphatic rings. The lowest BCUT2D eigenvalue weighted by Crippen LogP contribution is -2.30. The summed E-state index contributed by atoms with van der Waals surface area (Å²) in [5.41, 5.74) is 3.23. The quantitative estimate of drug-likeness (QED) is 0.629. The van der Waals surface area contributed by atoms with Gasteiger partial charge >= 0.3 is 5.97 Å². The molecule has 3 rings (SSSR count). The molecule has 0 fully saturated rings. The molecule has 1 N–H and O–H groups in total. The summed E-state index contributed by atoms with van der Waals surface area (Å²) in [5, 5.41) is 6.83. The van der Waals surface area contributed by atoms with Crippen molar-refractivity contribution >= 4 is 17.6 Å². The van der Waals surface area contributed by atoms with Crippen molar-refractivity contribution in [3.8, 4) is 0 Å². The molecule has 0 aliphatic heterocycles. The molecular weight excluding hydrogens is 380 g/mol. The topological polar surface area (TPSA) is 86.1 Å². The van der Waals surface area contributed by atoms with E-state index in [2.05, 4.69) is 36.2 Å². The second kappa shape index (κ2) is 8.90. The van der Waals surface area contributed by atoms with Gasteiger partial charge in [-0.2, -0.15) is 5.10 Å². The number of carbonyl (C=O) groups is 2. The molecule has 0 radical (unpaired) electrons. The smallest absolute Gasteiger partial charge is 0.338 e. The predicted molar refractivity (Wildman–Crippen MR) is 114 cm³/mol. The number of rotatable bonds is 6. The summed E-state index contributed by atoms with van der Waals surface area (Å²) >= 11 is 0. The van der Waals surface area contributed by atoms with E-state index in [9.17, 15) is 9.59 Å². The van der Waals surface area contributed by atoms with E-state index in [4.69, 9.17) is 4.74 Å². The Morgan fingerprint density at radius 1 is 1.07 bits per heavy atom. The number of esters is 1. The zero-order valence-corrected chi connectivity index (χ0v) is 17.6. The van der Waals surface area contributed by atoms with Crippen LogP contribution in [0.3, 0.4) is 0 Å². The van der Waals surface area contributed by atoms with E-state index in [1.807, 2.05) is 36.4 Å². The minimum atomic E-state index is -0.922. The normalized spacial score (nSPS) is 12.3. The van der Waals surface area contributed by atoms with Gasteiger partial charge in [0, 0.05) is 5.69 Å². The molecule has 2 aromatic carbocycles. The lowest BCUT2D eigenvalue weighted by atomic mass is 9.87. The molecule has 1 heterocycles. The Labute approximate surface area is 176 Å². The Balaban J connectivity index is 1.54. The molecule has 0 saturated heterocycles. The van der Waals surface area contributed by atoms with Crippen LogP contribution in [0.1, 0.15) is 49.2 Å². The Bertz CT molecular complexity index is 988. The van der Waals surface area contributed by atoms with Gasteiger partial charge in [0.05, 0.1) is 12.1 Å². The van der Waals surface area contributed by atoms with Gasteiger partial charge in [-0.1, -0.05) is 45.0 Å². The average molecular weight is 406 g/mol. The van der Waals surface area contributed by atoms with Gasteiger partial charge in [-0.3, -0.25) is 4.79 Å². The molecule has 0 saturated carbocycles. The molecule has 1 amide bonds. The number of ether oxygens (including phenoxy) is 1. The summed E-state index contributed by atoms with van der Waals surface area (Å²) in [5.74, 6) is -0.928. The van der Waals surface area contributed by atoms with Gasteiger partial charge in [0.25, 0.3) is 5.91 Å². The highest BCUT2D eigenvalue weighted by molar-refractivity contribution is 5.97. The summed E-state index contributed by atoms with van der Waals surface area (Å²) in [4.78, 5) is 28.7. The third kappa shape index (κ3) is 5.53. The van der Waals surface area contributed by atoms with Crippen molar-refractivity contribution < 1.29 is 14.3 Å². The number of carbonyl (C=O) groups excluding carboxylic acids is 2. The van der Waals surface area contributed by atoms with Crippen LogP contribution in [-0.2, 0) is 21.5 Å².